The Hall–Kier alpha value is -4.57. The Morgan fingerprint density at radius 1 is 0.800 bits per heavy atom. The van der Waals surface area contributed by atoms with Crippen molar-refractivity contribution in [3.63, 3.8) is 0 Å². The smallest absolute Gasteiger partial charge is 0.330 e. The highest BCUT2D eigenvalue weighted by molar-refractivity contribution is 7.91. The molecule has 1 fully saturated rings. The van der Waals surface area contributed by atoms with Crippen molar-refractivity contribution in [1.29, 1.82) is 0 Å². The maximum Gasteiger partial charge on any atom is 0.330 e. The molecule has 0 saturated carbocycles. The molecule has 0 aliphatic carbocycles. The zero-order valence-corrected chi connectivity index (χ0v) is 25.6. The van der Waals surface area contributed by atoms with Crippen molar-refractivity contribution in [3.8, 4) is 0 Å². The van der Waals surface area contributed by atoms with E-state index in [0.717, 1.165) is 16.7 Å². The average Bonchev–Trinajstić information content (AvgIpc) is 3.50. The van der Waals surface area contributed by atoms with Crippen LogP contribution < -0.4 is 11.2 Å². The van der Waals surface area contributed by atoms with Crippen LogP contribution in [-0.4, -0.2) is 35.9 Å². The second kappa shape index (κ2) is 12.8. The quantitative estimate of drug-likeness (QED) is 0.217. The third-order valence-electron chi connectivity index (χ3n) is 8.31. The minimum absolute atomic E-state index is 0.0175. The number of H-pyrrole nitrogens is 1. The summed E-state index contributed by atoms with van der Waals surface area (Å²) < 4.78 is 42.7. The normalized spacial score (nSPS) is 18.6. The number of nitrogens with one attached hydrogen (secondary N) is 1. The second-order valence-electron chi connectivity index (χ2n) is 11.3. The van der Waals surface area contributed by atoms with Gasteiger partial charge in [0.2, 0.25) is 0 Å². The van der Waals surface area contributed by atoms with Crippen LogP contribution in [0.5, 0.6) is 0 Å². The van der Waals surface area contributed by atoms with Gasteiger partial charge in [0.1, 0.15) is 17.9 Å². The lowest BCUT2D eigenvalue weighted by atomic mass is 9.80. The molecule has 1 saturated heterocycles. The molecule has 1 N–H and O–H groups in total. The van der Waals surface area contributed by atoms with Crippen molar-refractivity contribution in [1.82, 2.24) is 9.55 Å². The van der Waals surface area contributed by atoms with Gasteiger partial charge in [-0.25, -0.2) is 13.2 Å². The molecule has 1 aromatic heterocycles. The van der Waals surface area contributed by atoms with Gasteiger partial charge in [-0.3, -0.25) is 14.3 Å². The molecular formula is C36H34N2O6S. The number of sulfone groups is 1. The fraction of sp³-hybridized carbons (Fsp3) is 0.222. The van der Waals surface area contributed by atoms with Crippen molar-refractivity contribution in [2.75, 3.05) is 6.61 Å². The summed E-state index contributed by atoms with van der Waals surface area (Å²) in [5.41, 5.74) is 1.33. The van der Waals surface area contributed by atoms with Crippen LogP contribution in [0.3, 0.4) is 0 Å². The van der Waals surface area contributed by atoms with Gasteiger partial charge in [0, 0.05) is 18.2 Å². The first-order valence-electron chi connectivity index (χ1n) is 14.8. The van der Waals surface area contributed by atoms with E-state index in [0.29, 0.717) is 11.1 Å². The molecule has 5 aromatic rings. The third kappa shape index (κ3) is 6.20. The van der Waals surface area contributed by atoms with Crippen LogP contribution in [0, 0.1) is 6.92 Å². The fourth-order valence-electron chi connectivity index (χ4n) is 6.09. The maximum atomic E-state index is 14.0. The molecule has 230 valence electrons. The lowest BCUT2D eigenvalue weighted by Gasteiger charge is -2.37. The Balaban J connectivity index is 1.43. The lowest BCUT2D eigenvalue weighted by Crippen LogP contribution is -2.40. The van der Waals surface area contributed by atoms with E-state index in [9.17, 15) is 18.0 Å². The number of aromatic amines is 1. The second-order valence-corrected chi connectivity index (χ2v) is 13.5. The molecule has 2 heterocycles. The van der Waals surface area contributed by atoms with E-state index in [2.05, 4.69) is 4.98 Å². The molecule has 0 amide bonds. The van der Waals surface area contributed by atoms with Gasteiger partial charge >= 0.3 is 5.69 Å². The predicted octanol–water partition coefficient (Wildman–Crippen LogP) is 5.12. The molecule has 0 spiro atoms. The van der Waals surface area contributed by atoms with Gasteiger partial charge in [-0.1, -0.05) is 121 Å². The van der Waals surface area contributed by atoms with Crippen LogP contribution in [-0.2, 0) is 30.7 Å². The Bertz CT molecular complexity index is 1860. The molecule has 8 nitrogen and oxygen atoms in total. The topological polar surface area (TPSA) is 107 Å². The summed E-state index contributed by atoms with van der Waals surface area (Å²) in [5, 5.41) is -0.984. The zero-order valence-electron chi connectivity index (χ0n) is 24.8. The lowest BCUT2D eigenvalue weighted by molar-refractivity contribution is -0.0768. The number of nitrogens with zero attached hydrogens (tertiary/aromatic N) is 1. The highest BCUT2D eigenvalue weighted by Gasteiger charge is 2.47. The SMILES string of the molecule is Cc1cn([C@H]2C[C@@H](S(=O)(=O)Cc3ccccc3)[C@@H](COC(c3ccccc3)(c3ccccc3)c3ccccc3)O2)c(=O)[nH]c1=O. The number of benzene rings is 4. The molecule has 4 aromatic carbocycles. The van der Waals surface area contributed by atoms with E-state index in [1.54, 1.807) is 31.2 Å². The molecule has 6 rings (SSSR count). The monoisotopic (exact) mass is 622 g/mol. The first-order chi connectivity index (χ1) is 21.8. The minimum atomic E-state index is -3.79. The fourth-order valence-corrected chi connectivity index (χ4v) is 8.02. The molecule has 45 heavy (non-hydrogen) atoms. The summed E-state index contributed by atoms with van der Waals surface area (Å²) in [6, 6.07) is 38.4. The zero-order chi connectivity index (χ0) is 31.4. The van der Waals surface area contributed by atoms with Crippen LogP contribution in [0.4, 0.5) is 0 Å². The Morgan fingerprint density at radius 3 is 1.80 bits per heavy atom. The van der Waals surface area contributed by atoms with E-state index in [4.69, 9.17) is 9.47 Å². The Morgan fingerprint density at radius 2 is 1.29 bits per heavy atom. The Labute approximate surface area is 261 Å². The first kappa shape index (κ1) is 30.5. The average molecular weight is 623 g/mol. The van der Waals surface area contributed by atoms with Crippen LogP contribution in [0.1, 0.15) is 40.5 Å². The number of hydrogen-bond donors (Lipinski definition) is 1. The molecule has 3 atom stereocenters. The van der Waals surface area contributed by atoms with Crippen LogP contribution in [0.2, 0.25) is 0 Å². The van der Waals surface area contributed by atoms with E-state index in [1.807, 2.05) is 97.1 Å². The van der Waals surface area contributed by atoms with Gasteiger partial charge in [-0.05, 0) is 29.2 Å². The molecular weight excluding hydrogens is 588 g/mol. The number of aryl methyl sites for hydroxylation is 1. The van der Waals surface area contributed by atoms with Crippen molar-refractivity contribution in [2.45, 2.75) is 42.3 Å². The first-order valence-corrected chi connectivity index (χ1v) is 16.5. The number of ether oxygens (including phenoxy) is 2. The van der Waals surface area contributed by atoms with Crippen LogP contribution in [0.15, 0.2) is 137 Å². The number of hydrogen-bond acceptors (Lipinski definition) is 6. The van der Waals surface area contributed by atoms with Crippen LogP contribution >= 0.6 is 0 Å². The molecule has 0 radical (unpaired) electrons. The standard InChI is InChI=1S/C36H34N2O6S/c1-26-23-38(35(40)37-34(26)39)33-22-32(45(41,42)25-27-14-6-2-7-15-27)31(44-33)24-43-36(28-16-8-3-9-17-28,29-18-10-4-11-19-29)30-20-12-5-13-21-30/h2-21,23,31-33H,22,24-25H2,1H3,(H,37,39,40)/t31-,32-,33-/m1/s1. The number of aromatic nitrogens is 2. The van der Waals surface area contributed by atoms with Gasteiger partial charge in [0.25, 0.3) is 5.56 Å². The highest BCUT2D eigenvalue weighted by Crippen LogP contribution is 2.42. The molecule has 1 aliphatic heterocycles. The maximum absolute atomic E-state index is 14.0. The van der Waals surface area contributed by atoms with Crippen molar-refractivity contribution >= 4 is 9.84 Å². The summed E-state index contributed by atoms with van der Waals surface area (Å²) in [6.07, 6.45) is -0.406. The van der Waals surface area contributed by atoms with Crippen molar-refractivity contribution in [3.05, 3.63) is 176 Å². The third-order valence-corrected chi connectivity index (χ3v) is 10.5. The summed E-state index contributed by atoms with van der Waals surface area (Å²) in [5.74, 6) is -0.189. The summed E-state index contributed by atoms with van der Waals surface area (Å²) in [7, 11) is -3.79. The van der Waals surface area contributed by atoms with E-state index >= 15 is 0 Å². The van der Waals surface area contributed by atoms with E-state index in [1.165, 1.54) is 10.8 Å². The van der Waals surface area contributed by atoms with Gasteiger partial charge in [0.15, 0.2) is 9.84 Å². The predicted molar refractivity (Wildman–Crippen MR) is 173 cm³/mol. The van der Waals surface area contributed by atoms with Gasteiger partial charge < -0.3 is 9.47 Å². The summed E-state index contributed by atoms with van der Waals surface area (Å²) in [6.45, 7) is 1.49. The van der Waals surface area contributed by atoms with Crippen molar-refractivity contribution < 1.29 is 17.9 Å². The van der Waals surface area contributed by atoms with Crippen molar-refractivity contribution in [2.24, 2.45) is 0 Å². The van der Waals surface area contributed by atoms with Crippen LogP contribution in [0.25, 0.3) is 0 Å². The molecule has 9 heteroatoms. The molecule has 0 bridgehead atoms. The van der Waals surface area contributed by atoms with Gasteiger partial charge in [-0.15, -0.1) is 0 Å². The molecule has 1 aliphatic rings. The highest BCUT2D eigenvalue weighted by atomic mass is 32.2. The largest absolute Gasteiger partial charge is 0.358 e. The Kier molecular flexibility index (Phi) is 8.67. The minimum Gasteiger partial charge on any atom is -0.358 e. The molecule has 0 unspecified atom stereocenters. The van der Waals surface area contributed by atoms with Gasteiger partial charge in [0.05, 0.1) is 17.6 Å². The number of rotatable bonds is 10. The summed E-state index contributed by atoms with van der Waals surface area (Å²) in [4.78, 5) is 27.2. The van der Waals surface area contributed by atoms with Gasteiger partial charge in [-0.2, -0.15) is 0 Å². The summed E-state index contributed by atoms with van der Waals surface area (Å²) >= 11 is 0. The van der Waals surface area contributed by atoms with E-state index < -0.39 is 44.3 Å². The van der Waals surface area contributed by atoms with E-state index in [-0.39, 0.29) is 18.8 Å².